The largest absolute Gasteiger partial charge is 0.433 e. The van der Waals surface area contributed by atoms with Gasteiger partial charge in [0.2, 0.25) is 0 Å². The molecule has 0 aromatic carbocycles. The predicted octanol–water partition coefficient (Wildman–Crippen LogP) is 3.21. The van der Waals surface area contributed by atoms with Gasteiger partial charge < -0.3 is 4.90 Å². The van der Waals surface area contributed by atoms with Gasteiger partial charge in [0.15, 0.2) is 9.84 Å². The maximum Gasteiger partial charge on any atom is 0.433 e. The maximum absolute atomic E-state index is 12.8. The Morgan fingerprint density at radius 3 is 2.48 bits per heavy atom. The number of alkyl halides is 3. The van der Waals surface area contributed by atoms with E-state index < -0.39 is 21.7 Å². The van der Waals surface area contributed by atoms with Crippen LogP contribution in [0, 0.1) is 11.3 Å². The molecule has 3 saturated heterocycles. The summed E-state index contributed by atoms with van der Waals surface area (Å²) in [6, 6.07) is 3.19. The molecule has 0 radical (unpaired) electrons. The molecular weight excluding hydrogens is 403 g/mol. The zero-order valence-electron chi connectivity index (χ0n) is 16.8. The zero-order valence-corrected chi connectivity index (χ0v) is 17.6. The molecule has 3 fully saturated rings. The lowest BCUT2D eigenvalue weighted by atomic mass is 9.88. The van der Waals surface area contributed by atoms with Crippen molar-refractivity contribution in [2.75, 3.05) is 36.0 Å². The molecule has 0 saturated carbocycles. The molecule has 3 aliphatic rings. The topological polar surface area (TPSA) is 53.5 Å². The summed E-state index contributed by atoms with van der Waals surface area (Å²) in [7, 11) is -2.83. The number of rotatable bonds is 3. The Morgan fingerprint density at radius 1 is 1.21 bits per heavy atom. The minimum atomic E-state index is -4.43. The number of anilines is 1. The molecule has 4 rings (SSSR count). The molecule has 0 aliphatic carbocycles. The molecular formula is C20H28F3N3O2S. The van der Waals surface area contributed by atoms with Crippen LogP contribution < -0.4 is 4.90 Å². The number of hydrogen-bond donors (Lipinski definition) is 0. The lowest BCUT2D eigenvalue weighted by Gasteiger charge is -2.46. The Morgan fingerprint density at radius 2 is 1.93 bits per heavy atom. The van der Waals surface area contributed by atoms with Crippen LogP contribution in [0.15, 0.2) is 18.3 Å². The summed E-state index contributed by atoms with van der Waals surface area (Å²) in [5, 5.41) is 0. The highest BCUT2D eigenvalue weighted by Gasteiger charge is 2.53. The van der Waals surface area contributed by atoms with E-state index in [0.29, 0.717) is 23.5 Å². The summed E-state index contributed by atoms with van der Waals surface area (Å²) < 4.78 is 61.8. The molecule has 4 heterocycles. The van der Waals surface area contributed by atoms with E-state index in [-0.39, 0.29) is 11.5 Å². The number of halogens is 3. The Labute approximate surface area is 170 Å². The molecule has 0 unspecified atom stereocenters. The average Bonchev–Trinajstić information content (AvgIpc) is 3.04. The van der Waals surface area contributed by atoms with Gasteiger partial charge in [-0.15, -0.1) is 0 Å². The van der Waals surface area contributed by atoms with E-state index in [0.717, 1.165) is 50.7 Å². The fourth-order valence-corrected chi connectivity index (χ4v) is 7.65. The fraction of sp³-hybridized carbons (Fsp3) is 0.750. The van der Waals surface area contributed by atoms with Crippen molar-refractivity contribution in [1.82, 2.24) is 9.88 Å². The normalized spacial score (nSPS) is 29.4. The Balaban J connectivity index is 1.44. The fourth-order valence-electron chi connectivity index (χ4n) is 5.39. The van der Waals surface area contributed by atoms with Gasteiger partial charge in [-0.3, -0.25) is 4.90 Å². The predicted molar refractivity (Wildman–Crippen MR) is 106 cm³/mol. The van der Waals surface area contributed by atoms with Crippen molar-refractivity contribution in [3.8, 4) is 0 Å². The number of aromatic nitrogens is 1. The second-order valence-corrected chi connectivity index (χ2v) is 11.4. The van der Waals surface area contributed by atoms with Gasteiger partial charge in [0.25, 0.3) is 0 Å². The molecule has 0 amide bonds. The highest BCUT2D eigenvalue weighted by atomic mass is 32.2. The lowest BCUT2D eigenvalue weighted by Crippen LogP contribution is -2.54. The first-order chi connectivity index (χ1) is 13.5. The van der Waals surface area contributed by atoms with Crippen LogP contribution in [-0.4, -0.2) is 61.5 Å². The van der Waals surface area contributed by atoms with E-state index in [1.807, 2.05) is 0 Å². The first-order valence-electron chi connectivity index (χ1n) is 10.2. The standard InChI is InChI=1S/C20H28F3N3O2S/c1-14(2)17-9-15(25-8-6-19(11-25)12-29(27,28)13-19)5-7-26(17)16-3-4-18(24-10-16)20(21,22)23/h3-4,10,14-15,17H,5-9,11-13H2,1-2H3/t15-,17+/m1/s1. The molecule has 162 valence electrons. The van der Waals surface area contributed by atoms with Gasteiger partial charge >= 0.3 is 6.18 Å². The van der Waals surface area contributed by atoms with Crippen LogP contribution in [0.1, 0.15) is 38.8 Å². The SMILES string of the molecule is CC(C)[C@@H]1C[C@H](N2CCC3(C2)CS(=O)(=O)C3)CCN1c1ccc(C(F)(F)F)nc1. The quantitative estimate of drug-likeness (QED) is 0.736. The van der Waals surface area contributed by atoms with E-state index in [2.05, 4.69) is 28.6 Å². The first-order valence-corrected chi connectivity index (χ1v) is 12.0. The number of sulfone groups is 1. The van der Waals surface area contributed by atoms with Crippen LogP contribution in [0.5, 0.6) is 0 Å². The Bertz CT molecular complexity index is 843. The van der Waals surface area contributed by atoms with Crippen LogP contribution in [-0.2, 0) is 16.0 Å². The summed E-state index contributed by atoms with van der Waals surface area (Å²) in [5.41, 5.74) is -0.172. The first kappa shape index (κ1) is 20.9. The molecule has 1 aromatic rings. The Hall–Kier alpha value is -1.35. The van der Waals surface area contributed by atoms with Crippen LogP contribution >= 0.6 is 0 Å². The van der Waals surface area contributed by atoms with E-state index in [4.69, 9.17) is 0 Å². The molecule has 5 nitrogen and oxygen atoms in total. The van der Waals surface area contributed by atoms with Crippen molar-refractivity contribution in [3.63, 3.8) is 0 Å². The number of piperidine rings is 1. The smallest absolute Gasteiger partial charge is 0.367 e. The van der Waals surface area contributed by atoms with E-state index in [1.165, 1.54) is 12.3 Å². The third kappa shape index (κ3) is 4.13. The van der Waals surface area contributed by atoms with Gasteiger partial charge in [0.05, 0.1) is 23.4 Å². The van der Waals surface area contributed by atoms with Gasteiger partial charge in [-0.25, -0.2) is 13.4 Å². The van der Waals surface area contributed by atoms with Crippen LogP contribution in [0.4, 0.5) is 18.9 Å². The average molecular weight is 432 g/mol. The monoisotopic (exact) mass is 431 g/mol. The molecule has 9 heteroatoms. The van der Waals surface area contributed by atoms with Crippen molar-refractivity contribution in [2.45, 2.75) is 51.4 Å². The van der Waals surface area contributed by atoms with Crippen LogP contribution in [0.2, 0.25) is 0 Å². The second-order valence-electron chi connectivity index (χ2n) is 9.34. The summed E-state index contributed by atoms with van der Waals surface area (Å²) in [4.78, 5) is 8.27. The van der Waals surface area contributed by atoms with Gasteiger partial charge in [-0.05, 0) is 43.9 Å². The lowest BCUT2D eigenvalue weighted by molar-refractivity contribution is -0.141. The van der Waals surface area contributed by atoms with Crippen molar-refractivity contribution >= 4 is 15.5 Å². The zero-order chi connectivity index (χ0) is 21.0. The molecule has 29 heavy (non-hydrogen) atoms. The molecule has 3 aliphatic heterocycles. The van der Waals surface area contributed by atoms with Gasteiger partial charge in [-0.2, -0.15) is 13.2 Å². The molecule has 0 N–H and O–H groups in total. The third-order valence-electron chi connectivity index (χ3n) is 6.79. The van der Waals surface area contributed by atoms with E-state index >= 15 is 0 Å². The summed E-state index contributed by atoms with van der Waals surface area (Å²) in [6.07, 6.45) is -0.289. The van der Waals surface area contributed by atoms with E-state index in [9.17, 15) is 21.6 Å². The van der Waals surface area contributed by atoms with Gasteiger partial charge in [0, 0.05) is 30.6 Å². The van der Waals surface area contributed by atoms with Crippen LogP contribution in [0.25, 0.3) is 0 Å². The summed E-state index contributed by atoms with van der Waals surface area (Å²) >= 11 is 0. The van der Waals surface area contributed by atoms with Crippen molar-refractivity contribution in [1.29, 1.82) is 0 Å². The second kappa shape index (κ2) is 7.11. The number of hydrogen-bond acceptors (Lipinski definition) is 5. The summed E-state index contributed by atoms with van der Waals surface area (Å²) in [5.74, 6) is 0.987. The molecule has 0 bridgehead atoms. The number of pyridine rings is 1. The van der Waals surface area contributed by atoms with Crippen molar-refractivity contribution in [2.24, 2.45) is 11.3 Å². The van der Waals surface area contributed by atoms with Crippen molar-refractivity contribution < 1.29 is 21.6 Å². The minimum absolute atomic E-state index is 0.0410. The van der Waals surface area contributed by atoms with E-state index in [1.54, 1.807) is 0 Å². The number of likely N-dealkylation sites (tertiary alicyclic amines) is 1. The third-order valence-corrected chi connectivity index (χ3v) is 8.90. The minimum Gasteiger partial charge on any atom is -0.367 e. The maximum atomic E-state index is 12.8. The highest BCUT2D eigenvalue weighted by molar-refractivity contribution is 7.92. The molecule has 2 atom stereocenters. The van der Waals surface area contributed by atoms with Gasteiger partial charge in [0.1, 0.15) is 5.69 Å². The van der Waals surface area contributed by atoms with Crippen LogP contribution in [0.3, 0.4) is 0 Å². The summed E-state index contributed by atoms with van der Waals surface area (Å²) in [6.45, 7) is 6.84. The highest BCUT2D eigenvalue weighted by Crippen LogP contribution is 2.43. The molecule has 1 spiro atoms. The van der Waals surface area contributed by atoms with Crippen molar-refractivity contribution in [3.05, 3.63) is 24.0 Å². The Kier molecular flexibility index (Phi) is 5.13. The molecule has 1 aromatic heterocycles. The van der Waals surface area contributed by atoms with Gasteiger partial charge in [-0.1, -0.05) is 13.8 Å². The number of nitrogens with zero attached hydrogens (tertiary/aromatic N) is 3.